The molecular weight excluding hydrogens is 692 g/mol. The number of hydrogen-bond donors (Lipinski definition) is 3. The largest absolute Gasteiger partial charge is 0.481 e. The van der Waals surface area contributed by atoms with E-state index in [0.29, 0.717) is 42.1 Å². The molecule has 3 aromatic carbocycles. The minimum Gasteiger partial charge on any atom is -0.481 e. The molecule has 6 rings (SSSR count). The quantitative estimate of drug-likeness (QED) is 0.110. The number of aliphatic carboxylic acids is 1. The number of nitrogens with zero attached hydrogens (tertiary/aromatic N) is 2. The highest BCUT2D eigenvalue weighted by molar-refractivity contribution is 6.30. The third-order valence-electron chi connectivity index (χ3n) is 9.93. The number of carboxylic acid groups (broad SMARTS) is 1. The average Bonchev–Trinajstić information content (AvgIpc) is 3.46. The van der Waals surface area contributed by atoms with E-state index in [9.17, 15) is 27.9 Å². The normalized spacial score (nSPS) is 20.9. The van der Waals surface area contributed by atoms with Crippen LogP contribution >= 0.6 is 11.6 Å². The van der Waals surface area contributed by atoms with Gasteiger partial charge in [-0.3, -0.25) is 9.59 Å². The molecule has 2 atom stereocenters. The summed E-state index contributed by atoms with van der Waals surface area (Å²) in [6.07, 6.45) is -4.03. The van der Waals surface area contributed by atoms with E-state index in [-0.39, 0.29) is 50.4 Å². The van der Waals surface area contributed by atoms with Gasteiger partial charge in [0.05, 0.1) is 23.7 Å². The Balaban J connectivity index is 1.54. The smallest absolute Gasteiger partial charge is 0.431 e. The fourth-order valence-electron chi connectivity index (χ4n) is 7.48. The Morgan fingerprint density at radius 2 is 1.76 bits per heavy atom. The molecular formula is C37H38ClF4N4O5+. The summed E-state index contributed by atoms with van der Waals surface area (Å²) in [5.41, 5.74) is -1.46. The molecule has 3 aliphatic heterocycles. The summed E-state index contributed by atoms with van der Waals surface area (Å²) in [5, 5.41) is 16.0. The van der Waals surface area contributed by atoms with Gasteiger partial charge in [-0.2, -0.15) is 13.2 Å². The average molecular weight is 730 g/mol. The Hall–Kier alpha value is -4.14. The maximum atomic E-state index is 15.7. The number of piperidine rings is 1. The number of urea groups is 1. The van der Waals surface area contributed by atoms with Crippen LogP contribution in [0.4, 0.5) is 22.4 Å². The molecule has 1 spiro atoms. The molecule has 3 amide bonds. The van der Waals surface area contributed by atoms with Gasteiger partial charge < -0.3 is 20.5 Å². The lowest BCUT2D eigenvalue weighted by molar-refractivity contribution is -0.845. The maximum Gasteiger partial charge on any atom is 0.431 e. The minimum atomic E-state index is -4.94. The van der Waals surface area contributed by atoms with Gasteiger partial charge in [0.15, 0.2) is 5.70 Å². The zero-order valence-corrected chi connectivity index (χ0v) is 28.4. The van der Waals surface area contributed by atoms with E-state index in [4.69, 9.17) is 16.3 Å². The van der Waals surface area contributed by atoms with Crippen molar-refractivity contribution in [1.82, 2.24) is 15.5 Å². The lowest BCUT2D eigenvalue weighted by Crippen LogP contribution is -2.64. The Morgan fingerprint density at radius 3 is 2.45 bits per heavy atom. The molecule has 3 aliphatic rings. The SMILES string of the molecule is O=C(O)CCCNC(CN1C(=O)C2=C(COC23CCNCC3)[N@+](Cc2cccc(Cl)c2)(Cc2c(F)cccc2C(F)(F)F)C1=O)c1ccccc1. The molecule has 51 heavy (non-hydrogen) atoms. The fraction of sp³-hybridized carbons (Fsp3) is 0.378. The van der Waals surface area contributed by atoms with E-state index in [2.05, 4.69) is 10.6 Å². The Kier molecular flexibility index (Phi) is 10.7. The third-order valence-corrected chi connectivity index (χ3v) is 10.2. The number of imide groups is 1. The molecule has 0 aromatic heterocycles. The van der Waals surface area contributed by atoms with E-state index >= 15 is 9.18 Å². The summed E-state index contributed by atoms with van der Waals surface area (Å²) < 4.78 is 64.8. The molecule has 270 valence electrons. The molecule has 1 fully saturated rings. The summed E-state index contributed by atoms with van der Waals surface area (Å²) in [6, 6.07) is 16.7. The van der Waals surface area contributed by atoms with Crippen molar-refractivity contribution in [2.75, 3.05) is 32.8 Å². The molecule has 0 saturated carbocycles. The molecule has 9 nitrogen and oxygen atoms in total. The van der Waals surface area contributed by atoms with Gasteiger partial charge >= 0.3 is 18.2 Å². The monoisotopic (exact) mass is 729 g/mol. The van der Waals surface area contributed by atoms with E-state index in [1.807, 2.05) is 0 Å². The summed E-state index contributed by atoms with van der Waals surface area (Å²) in [5.74, 6) is -2.73. The van der Waals surface area contributed by atoms with Gasteiger partial charge in [-0.05, 0) is 68.7 Å². The molecule has 0 radical (unpaired) electrons. The predicted molar refractivity (Wildman–Crippen MR) is 179 cm³/mol. The number of quaternary nitrogens is 1. The summed E-state index contributed by atoms with van der Waals surface area (Å²) in [6.45, 7) is -0.222. The van der Waals surface area contributed by atoms with Crippen LogP contribution in [0, 0.1) is 5.82 Å². The van der Waals surface area contributed by atoms with Crippen LogP contribution in [0.3, 0.4) is 0 Å². The van der Waals surface area contributed by atoms with Crippen LogP contribution in [-0.2, 0) is 33.6 Å². The topological polar surface area (TPSA) is 108 Å². The number of alkyl halides is 3. The second-order valence-corrected chi connectivity index (χ2v) is 13.6. The second-order valence-electron chi connectivity index (χ2n) is 13.1. The van der Waals surface area contributed by atoms with Crippen molar-refractivity contribution in [1.29, 1.82) is 0 Å². The highest BCUT2D eigenvalue weighted by atomic mass is 35.5. The summed E-state index contributed by atoms with van der Waals surface area (Å²) in [7, 11) is 0. The Morgan fingerprint density at radius 1 is 1.04 bits per heavy atom. The van der Waals surface area contributed by atoms with Gasteiger partial charge in [-0.15, -0.1) is 0 Å². The van der Waals surface area contributed by atoms with Crippen molar-refractivity contribution in [2.24, 2.45) is 0 Å². The third kappa shape index (κ3) is 7.44. The maximum absolute atomic E-state index is 15.7. The van der Waals surface area contributed by atoms with E-state index in [0.717, 1.165) is 23.1 Å². The van der Waals surface area contributed by atoms with E-state index < -0.39 is 63.7 Å². The number of ether oxygens (including phenoxy) is 1. The van der Waals surface area contributed by atoms with Crippen LogP contribution < -0.4 is 10.6 Å². The van der Waals surface area contributed by atoms with Crippen LogP contribution in [-0.4, -0.2) is 70.8 Å². The highest BCUT2D eigenvalue weighted by Crippen LogP contribution is 2.49. The number of fused-ring (bicyclic) bond motifs is 1. The zero-order chi connectivity index (χ0) is 36.4. The summed E-state index contributed by atoms with van der Waals surface area (Å²) in [4.78, 5) is 42.3. The number of carbonyl (C=O) groups excluding carboxylic acids is 2. The number of hydrogen-bond acceptors (Lipinski definition) is 6. The van der Waals surface area contributed by atoms with Crippen LogP contribution in [0.15, 0.2) is 84.1 Å². The number of amides is 3. The van der Waals surface area contributed by atoms with Crippen molar-refractivity contribution in [3.05, 3.63) is 117 Å². The van der Waals surface area contributed by atoms with E-state index in [1.54, 1.807) is 54.6 Å². The number of nitrogens with one attached hydrogen (secondary N) is 2. The minimum absolute atomic E-state index is 0.107. The lowest BCUT2D eigenvalue weighted by Gasteiger charge is -2.45. The fourth-order valence-corrected chi connectivity index (χ4v) is 7.69. The molecule has 3 heterocycles. The van der Waals surface area contributed by atoms with Crippen LogP contribution in [0.5, 0.6) is 0 Å². The van der Waals surface area contributed by atoms with Gasteiger partial charge in [-0.1, -0.05) is 60.1 Å². The molecule has 1 unspecified atom stereocenters. The molecule has 3 N–H and O–H groups in total. The molecule has 3 aromatic rings. The van der Waals surface area contributed by atoms with E-state index in [1.165, 1.54) is 0 Å². The first-order valence-electron chi connectivity index (χ1n) is 16.8. The second kappa shape index (κ2) is 14.8. The standard InChI is InChI=1S/C37H37ClF4N4O5/c38-26-10-4-7-24(19-26)21-46(22-27-28(37(40,41)42)11-5-12-29(27)39)31-23-51-36(14-17-43-18-15-36)33(31)34(49)45(35(46)50)20-30(25-8-2-1-3-9-25)44-16-6-13-32(47)48/h1-5,7-12,19,30,43-44H,6,13-18,20-23H2/p+1/t30?,46-/m0/s1. The molecule has 0 bridgehead atoms. The van der Waals surface area contributed by atoms with Crippen molar-refractivity contribution in [3.63, 3.8) is 0 Å². The van der Waals surface area contributed by atoms with Crippen molar-refractivity contribution in [2.45, 2.75) is 56.6 Å². The first-order chi connectivity index (χ1) is 24.3. The van der Waals surface area contributed by atoms with Crippen molar-refractivity contribution >= 4 is 29.5 Å². The Labute approximate surface area is 297 Å². The van der Waals surface area contributed by atoms with Gasteiger partial charge in [0.2, 0.25) is 0 Å². The van der Waals surface area contributed by atoms with Crippen LogP contribution in [0.1, 0.15) is 54.0 Å². The van der Waals surface area contributed by atoms with Crippen LogP contribution in [0.25, 0.3) is 0 Å². The molecule has 0 aliphatic carbocycles. The lowest BCUT2D eigenvalue weighted by atomic mass is 9.82. The van der Waals surface area contributed by atoms with Gasteiger partial charge in [0, 0.05) is 17.0 Å². The zero-order valence-electron chi connectivity index (χ0n) is 27.6. The number of carboxylic acids is 1. The number of halogens is 5. The highest BCUT2D eigenvalue weighted by Gasteiger charge is 2.62. The van der Waals surface area contributed by atoms with Crippen molar-refractivity contribution in [3.8, 4) is 0 Å². The van der Waals surface area contributed by atoms with Crippen molar-refractivity contribution < 1.29 is 46.3 Å². The van der Waals surface area contributed by atoms with Gasteiger partial charge in [0.1, 0.15) is 36.7 Å². The first kappa shape index (κ1) is 36.6. The Bertz CT molecular complexity index is 1830. The molecule has 14 heteroatoms. The van der Waals surface area contributed by atoms with Crippen LogP contribution in [0.2, 0.25) is 5.02 Å². The number of carbonyl (C=O) groups is 3. The van der Waals surface area contributed by atoms with Gasteiger partial charge in [0.25, 0.3) is 5.91 Å². The number of rotatable bonds is 12. The number of benzene rings is 3. The molecule has 1 saturated heterocycles. The van der Waals surface area contributed by atoms with Gasteiger partial charge in [-0.25, -0.2) is 18.6 Å². The first-order valence-corrected chi connectivity index (χ1v) is 17.1. The predicted octanol–water partition coefficient (Wildman–Crippen LogP) is 6.58. The summed E-state index contributed by atoms with van der Waals surface area (Å²) >= 11 is 6.36.